The second-order valence-corrected chi connectivity index (χ2v) is 2.52. The van der Waals surface area contributed by atoms with E-state index in [0.29, 0.717) is 6.07 Å². The molecule has 0 unspecified atom stereocenters. The van der Waals surface area contributed by atoms with Gasteiger partial charge in [0.15, 0.2) is 5.82 Å². The third-order valence-electron chi connectivity index (χ3n) is 1.59. The van der Waals surface area contributed by atoms with Gasteiger partial charge in [-0.25, -0.2) is 22.9 Å². The van der Waals surface area contributed by atoms with Crippen molar-refractivity contribution in [1.29, 1.82) is 0 Å². The fourth-order valence-electron chi connectivity index (χ4n) is 0.928. The predicted octanol–water partition coefficient (Wildman–Crippen LogP) is 1.87. The maximum Gasteiger partial charge on any atom is 0.338 e. The van der Waals surface area contributed by atoms with Gasteiger partial charge >= 0.3 is 5.97 Å². The molecule has 0 aromatic carbocycles. The molecule has 1 rings (SSSR count). The highest BCUT2D eigenvalue weighted by molar-refractivity contribution is 5.88. The van der Waals surface area contributed by atoms with Crippen molar-refractivity contribution in [3.8, 4) is 5.88 Å². The van der Waals surface area contributed by atoms with Gasteiger partial charge in [-0.2, -0.15) is 0 Å². The van der Waals surface area contributed by atoms with Crippen LogP contribution in [0.25, 0.3) is 0 Å². The lowest BCUT2D eigenvalue weighted by molar-refractivity contribution is 0.0689. The van der Waals surface area contributed by atoms with E-state index in [9.17, 15) is 18.0 Å². The number of carbonyl (C=O) groups is 1. The maximum atomic E-state index is 13.2. The van der Waals surface area contributed by atoms with E-state index in [1.54, 1.807) is 0 Å². The van der Waals surface area contributed by atoms with Crippen molar-refractivity contribution < 1.29 is 27.8 Å². The average molecular weight is 221 g/mol. The third-order valence-corrected chi connectivity index (χ3v) is 1.59. The number of hydrogen-bond acceptors (Lipinski definition) is 3. The molecule has 82 valence electrons. The Hall–Kier alpha value is -1.79. The molecular weight excluding hydrogens is 215 g/mol. The number of alkyl halides is 2. The minimum absolute atomic E-state index is 0.477. The molecule has 1 heterocycles. The molecule has 1 aromatic heterocycles. The number of aromatic carboxylic acids is 1. The molecule has 0 atom stereocenters. The van der Waals surface area contributed by atoms with E-state index in [4.69, 9.17) is 5.11 Å². The minimum Gasteiger partial charge on any atom is -0.479 e. The first-order valence-corrected chi connectivity index (χ1v) is 3.73. The Bertz CT molecular complexity index is 395. The van der Waals surface area contributed by atoms with Gasteiger partial charge in [0.25, 0.3) is 12.3 Å². The number of pyridine rings is 1. The summed E-state index contributed by atoms with van der Waals surface area (Å²) < 4.78 is 41.9. The highest BCUT2D eigenvalue weighted by Gasteiger charge is 2.21. The molecule has 4 nitrogen and oxygen atoms in total. The van der Waals surface area contributed by atoms with Crippen molar-refractivity contribution in [2.24, 2.45) is 0 Å². The molecule has 0 saturated carbocycles. The van der Waals surface area contributed by atoms with Crippen molar-refractivity contribution in [2.75, 3.05) is 7.11 Å². The van der Waals surface area contributed by atoms with Crippen LogP contribution in [0.3, 0.4) is 0 Å². The number of methoxy groups -OCH3 is 1. The summed E-state index contributed by atoms with van der Waals surface area (Å²) in [5.74, 6) is -3.69. The van der Waals surface area contributed by atoms with E-state index in [-0.39, 0.29) is 0 Å². The van der Waals surface area contributed by atoms with Crippen LogP contribution in [0.15, 0.2) is 6.07 Å². The van der Waals surface area contributed by atoms with E-state index in [2.05, 4.69) is 9.72 Å². The monoisotopic (exact) mass is 221 g/mol. The number of aromatic nitrogens is 1. The van der Waals surface area contributed by atoms with Crippen molar-refractivity contribution in [2.45, 2.75) is 6.43 Å². The zero-order valence-electron chi connectivity index (χ0n) is 7.50. The fraction of sp³-hybridized carbons (Fsp3) is 0.250. The fourth-order valence-corrected chi connectivity index (χ4v) is 0.928. The molecule has 0 radical (unpaired) electrons. The summed E-state index contributed by atoms with van der Waals surface area (Å²) >= 11 is 0. The molecule has 1 N–H and O–H groups in total. The quantitative estimate of drug-likeness (QED) is 0.846. The highest BCUT2D eigenvalue weighted by Crippen LogP contribution is 2.24. The second kappa shape index (κ2) is 4.16. The van der Waals surface area contributed by atoms with Crippen molar-refractivity contribution in [1.82, 2.24) is 4.98 Å². The first-order chi connectivity index (χ1) is 6.97. The van der Waals surface area contributed by atoms with E-state index in [0.717, 1.165) is 7.11 Å². The Kier molecular flexibility index (Phi) is 3.13. The maximum absolute atomic E-state index is 13.2. The molecular formula is C8H6F3NO3. The number of ether oxygens (including phenoxy) is 1. The number of hydrogen-bond donors (Lipinski definition) is 1. The lowest BCUT2D eigenvalue weighted by Gasteiger charge is -2.06. The SMILES string of the molecule is COc1nc(C(F)F)cc(C(=O)O)c1F. The molecule has 0 bridgehead atoms. The van der Waals surface area contributed by atoms with Crippen LogP contribution in [-0.4, -0.2) is 23.2 Å². The van der Waals surface area contributed by atoms with E-state index < -0.39 is 35.3 Å². The van der Waals surface area contributed by atoms with Crippen LogP contribution in [0.1, 0.15) is 22.5 Å². The van der Waals surface area contributed by atoms with Crippen molar-refractivity contribution >= 4 is 5.97 Å². The third kappa shape index (κ3) is 2.17. The van der Waals surface area contributed by atoms with Gasteiger partial charge in [0, 0.05) is 0 Å². The summed E-state index contributed by atoms with van der Waals surface area (Å²) in [5.41, 5.74) is -1.73. The number of carboxylic acid groups (broad SMARTS) is 1. The molecule has 0 aliphatic heterocycles. The van der Waals surface area contributed by atoms with Crippen LogP contribution in [0, 0.1) is 5.82 Å². The molecule has 0 aliphatic rings. The van der Waals surface area contributed by atoms with Gasteiger partial charge in [0.1, 0.15) is 11.3 Å². The average Bonchev–Trinajstić information content (AvgIpc) is 2.17. The predicted molar refractivity (Wildman–Crippen MR) is 42.7 cm³/mol. The molecule has 0 amide bonds. The molecule has 7 heteroatoms. The molecule has 0 saturated heterocycles. The normalized spacial score (nSPS) is 10.5. The summed E-state index contributed by atoms with van der Waals surface area (Å²) in [5, 5.41) is 8.52. The Balaban J connectivity index is 3.38. The number of halogens is 3. The number of rotatable bonds is 3. The van der Waals surface area contributed by atoms with Crippen LogP contribution in [0.2, 0.25) is 0 Å². The van der Waals surface area contributed by atoms with Crippen LogP contribution in [0.5, 0.6) is 5.88 Å². The second-order valence-electron chi connectivity index (χ2n) is 2.52. The van der Waals surface area contributed by atoms with Gasteiger partial charge < -0.3 is 9.84 Å². The van der Waals surface area contributed by atoms with Crippen LogP contribution >= 0.6 is 0 Å². The lowest BCUT2D eigenvalue weighted by atomic mass is 10.2. The lowest BCUT2D eigenvalue weighted by Crippen LogP contribution is -2.07. The zero-order valence-corrected chi connectivity index (χ0v) is 7.50. The van der Waals surface area contributed by atoms with Crippen molar-refractivity contribution in [3.05, 3.63) is 23.1 Å². The van der Waals surface area contributed by atoms with Gasteiger partial charge in [-0.1, -0.05) is 0 Å². The molecule has 0 spiro atoms. The van der Waals surface area contributed by atoms with E-state index in [1.165, 1.54) is 0 Å². The Morgan fingerprint density at radius 1 is 1.60 bits per heavy atom. The van der Waals surface area contributed by atoms with E-state index >= 15 is 0 Å². The van der Waals surface area contributed by atoms with Crippen LogP contribution < -0.4 is 4.74 Å². The Morgan fingerprint density at radius 3 is 2.60 bits per heavy atom. The summed E-state index contributed by atoms with van der Waals surface area (Å²) in [4.78, 5) is 13.6. The Morgan fingerprint density at radius 2 is 2.20 bits per heavy atom. The highest BCUT2D eigenvalue weighted by atomic mass is 19.3. The summed E-state index contributed by atoms with van der Waals surface area (Å²) in [6.07, 6.45) is -2.99. The summed E-state index contributed by atoms with van der Waals surface area (Å²) in [6.45, 7) is 0. The van der Waals surface area contributed by atoms with Gasteiger partial charge in [-0.15, -0.1) is 0 Å². The van der Waals surface area contributed by atoms with Gasteiger partial charge in [0.05, 0.1) is 7.11 Å². The minimum atomic E-state index is -2.99. The number of nitrogens with zero attached hydrogens (tertiary/aromatic N) is 1. The van der Waals surface area contributed by atoms with Crippen LogP contribution in [-0.2, 0) is 0 Å². The number of carboxylic acids is 1. The van der Waals surface area contributed by atoms with Crippen molar-refractivity contribution in [3.63, 3.8) is 0 Å². The van der Waals surface area contributed by atoms with Gasteiger partial charge in [-0.3, -0.25) is 0 Å². The zero-order chi connectivity index (χ0) is 11.6. The van der Waals surface area contributed by atoms with E-state index in [1.807, 2.05) is 0 Å². The first-order valence-electron chi connectivity index (χ1n) is 3.73. The standard InChI is InChI=1S/C8H6F3NO3/c1-15-7-5(9)3(8(13)14)2-4(12-7)6(10)11/h2,6H,1H3,(H,13,14). The molecule has 15 heavy (non-hydrogen) atoms. The first kappa shape index (κ1) is 11.3. The van der Waals surface area contributed by atoms with Crippen LogP contribution in [0.4, 0.5) is 13.2 Å². The van der Waals surface area contributed by atoms with Gasteiger partial charge in [-0.05, 0) is 6.07 Å². The summed E-state index contributed by atoms with van der Waals surface area (Å²) in [7, 11) is 1.01. The molecule has 0 aliphatic carbocycles. The smallest absolute Gasteiger partial charge is 0.338 e. The summed E-state index contributed by atoms with van der Waals surface area (Å²) in [6, 6.07) is 0.477. The largest absolute Gasteiger partial charge is 0.479 e. The molecule has 0 fully saturated rings. The Labute approximate surface area is 82.3 Å². The van der Waals surface area contributed by atoms with Gasteiger partial charge in [0.2, 0.25) is 0 Å². The topological polar surface area (TPSA) is 59.4 Å². The molecule has 1 aromatic rings.